The number of aryl methyl sites for hydroxylation is 1. The Morgan fingerprint density at radius 2 is 1.82 bits per heavy atom. The molecule has 2 aromatic rings. The van der Waals surface area contributed by atoms with E-state index in [4.69, 9.17) is 9.47 Å². The minimum atomic E-state index is -1.18. The third-order valence-electron chi connectivity index (χ3n) is 3.90. The van der Waals surface area contributed by atoms with Crippen molar-refractivity contribution in [3.8, 4) is 0 Å². The van der Waals surface area contributed by atoms with Crippen LogP contribution in [0, 0.1) is 12.7 Å². The average molecular weight is 389 g/mol. The molecular weight excluding hydrogens is 365 g/mol. The Balaban J connectivity index is 2.00. The molecule has 0 heterocycles. The van der Waals surface area contributed by atoms with Crippen LogP contribution in [0.1, 0.15) is 30.5 Å². The third-order valence-corrected chi connectivity index (χ3v) is 3.90. The van der Waals surface area contributed by atoms with Gasteiger partial charge in [-0.2, -0.15) is 0 Å². The number of rotatable bonds is 8. The van der Waals surface area contributed by atoms with E-state index >= 15 is 0 Å². The summed E-state index contributed by atoms with van der Waals surface area (Å²) in [6, 6.07) is 11.5. The van der Waals surface area contributed by atoms with Crippen LogP contribution in [0.25, 0.3) is 0 Å². The Labute approximate surface area is 163 Å². The summed E-state index contributed by atoms with van der Waals surface area (Å²) in [6.07, 6.45) is -2.35. The van der Waals surface area contributed by atoms with Crippen LogP contribution in [0.3, 0.4) is 0 Å². The zero-order chi connectivity index (χ0) is 20.7. The van der Waals surface area contributed by atoms with Crippen molar-refractivity contribution < 1.29 is 28.6 Å². The maximum absolute atomic E-state index is 14.1. The highest BCUT2D eigenvalue weighted by atomic mass is 19.1. The van der Waals surface area contributed by atoms with E-state index < -0.39 is 24.0 Å². The molecule has 0 aromatic heterocycles. The minimum absolute atomic E-state index is 0.101. The fourth-order valence-corrected chi connectivity index (χ4v) is 2.52. The van der Waals surface area contributed by atoms with Gasteiger partial charge in [0.1, 0.15) is 12.4 Å². The Morgan fingerprint density at radius 1 is 1.14 bits per heavy atom. The molecule has 2 rings (SSSR count). The van der Waals surface area contributed by atoms with Gasteiger partial charge in [-0.3, -0.25) is 5.32 Å². The van der Waals surface area contributed by atoms with Gasteiger partial charge in [0, 0.05) is 12.1 Å². The van der Waals surface area contributed by atoms with Gasteiger partial charge in [-0.1, -0.05) is 29.8 Å². The van der Waals surface area contributed by atoms with Gasteiger partial charge in [-0.15, -0.1) is 0 Å². The first kappa shape index (κ1) is 21.4. The van der Waals surface area contributed by atoms with Crippen LogP contribution in [0.4, 0.5) is 14.9 Å². The second-order valence-corrected chi connectivity index (χ2v) is 6.71. The second kappa shape index (κ2) is 9.85. The number of hydrogen-bond acceptors (Lipinski definition) is 4. The van der Waals surface area contributed by atoms with Crippen LogP contribution >= 0.6 is 0 Å². The van der Waals surface area contributed by atoms with E-state index in [0.29, 0.717) is 5.69 Å². The summed E-state index contributed by atoms with van der Waals surface area (Å²) in [5.41, 5.74) is 2.38. The molecule has 0 aliphatic carbocycles. The molecule has 1 amide bonds. The molecule has 1 atom stereocenters. The SMILES string of the molecule is Cc1ccc(COC(=O)Nc2ccc(F)c(CC(OC(C)C)C(=O)O)c2)cc1. The van der Waals surface area contributed by atoms with E-state index in [9.17, 15) is 19.1 Å². The van der Waals surface area contributed by atoms with Gasteiger partial charge in [0.05, 0.1) is 6.10 Å². The number of carboxylic acid groups (broad SMARTS) is 1. The van der Waals surface area contributed by atoms with Gasteiger partial charge in [-0.05, 0) is 50.1 Å². The molecule has 150 valence electrons. The maximum atomic E-state index is 14.1. The van der Waals surface area contributed by atoms with E-state index in [0.717, 1.165) is 11.1 Å². The summed E-state index contributed by atoms with van der Waals surface area (Å²) < 4.78 is 24.5. The number of hydrogen-bond donors (Lipinski definition) is 2. The van der Waals surface area contributed by atoms with Crippen LogP contribution in [0.2, 0.25) is 0 Å². The first-order chi connectivity index (χ1) is 13.2. The Hall–Kier alpha value is -2.93. The number of aliphatic carboxylic acids is 1. The van der Waals surface area contributed by atoms with Crippen LogP contribution < -0.4 is 5.32 Å². The van der Waals surface area contributed by atoms with Crippen molar-refractivity contribution in [2.24, 2.45) is 0 Å². The van der Waals surface area contributed by atoms with Crippen LogP contribution in [-0.2, 0) is 27.3 Å². The van der Waals surface area contributed by atoms with Crippen molar-refractivity contribution in [3.63, 3.8) is 0 Å². The summed E-state index contributed by atoms with van der Waals surface area (Å²) in [7, 11) is 0. The molecule has 0 aliphatic rings. The lowest BCUT2D eigenvalue weighted by atomic mass is 10.1. The van der Waals surface area contributed by atoms with E-state index in [2.05, 4.69) is 5.32 Å². The fourth-order valence-electron chi connectivity index (χ4n) is 2.52. The molecular formula is C21H24FNO5. The first-order valence-corrected chi connectivity index (χ1v) is 8.90. The molecule has 28 heavy (non-hydrogen) atoms. The third kappa shape index (κ3) is 6.66. The minimum Gasteiger partial charge on any atom is -0.479 e. The quantitative estimate of drug-likeness (QED) is 0.703. The molecule has 2 aromatic carbocycles. The number of anilines is 1. The zero-order valence-corrected chi connectivity index (χ0v) is 16.1. The molecule has 1 unspecified atom stereocenters. The van der Waals surface area contributed by atoms with E-state index in [1.54, 1.807) is 13.8 Å². The van der Waals surface area contributed by atoms with Gasteiger partial charge >= 0.3 is 12.1 Å². The summed E-state index contributed by atoms with van der Waals surface area (Å²) in [6.45, 7) is 5.47. The lowest BCUT2D eigenvalue weighted by molar-refractivity contribution is -0.153. The number of carboxylic acids is 1. The standard InChI is InChI=1S/C21H24FNO5/c1-13(2)28-19(20(24)25)11-16-10-17(8-9-18(16)22)23-21(26)27-12-15-6-4-14(3)5-7-15/h4-10,13,19H,11-12H2,1-3H3,(H,23,26)(H,24,25). The molecule has 0 aliphatic heterocycles. The summed E-state index contributed by atoms with van der Waals surface area (Å²) >= 11 is 0. The largest absolute Gasteiger partial charge is 0.479 e. The van der Waals surface area contributed by atoms with Gasteiger partial charge in [-0.25, -0.2) is 14.0 Å². The van der Waals surface area contributed by atoms with Crippen molar-refractivity contribution in [2.75, 3.05) is 5.32 Å². The number of benzene rings is 2. The first-order valence-electron chi connectivity index (χ1n) is 8.90. The van der Waals surface area contributed by atoms with Gasteiger partial charge in [0.25, 0.3) is 0 Å². The fraction of sp³-hybridized carbons (Fsp3) is 0.333. The lowest BCUT2D eigenvalue weighted by Gasteiger charge is -2.17. The summed E-state index contributed by atoms with van der Waals surface area (Å²) in [5.74, 6) is -1.75. The van der Waals surface area contributed by atoms with E-state index in [1.165, 1.54) is 18.2 Å². The summed E-state index contributed by atoms with van der Waals surface area (Å²) in [4.78, 5) is 23.3. The summed E-state index contributed by atoms with van der Waals surface area (Å²) in [5, 5.41) is 11.8. The predicted molar refractivity (Wildman–Crippen MR) is 103 cm³/mol. The average Bonchev–Trinajstić information content (AvgIpc) is 2.63. The molecule has 2 N–H and O–H groups in total. The normalized spacial score (nSPS) is 11.9. The Morgan fingerprint density at radius 3 is 2.43 bits per heavy atom. The molecule has 0 radical (unpaired) electrons. The van der Waals surface area contributed by atoms with Crippen LogP contribution in [-0.4, -0.2) is 29.4 Å². The zero-order valence-electron chi connectivity index (χ0n) is 16.1. The smallest absolute Gasteiger partial charge is 0.411 e. The molecule has 0 saturated carbocycles. The highest BCUT2D eigenvalue weighted by Gasteiger charge is 2.22. The number of ether oxygens (including phenoxy) is 2. The molecule has 0 saturated heterocycles. The van der Waals surface area contributed by atoms with Crippen molar-refractivity contribution in [1.82, 2.24) is 0 Å². The highest BCUT2D eigenvalue weighted by Crippen LogP contribution is 2.19. The number of nitrogens with one attached hydrogen (secondary N) is 1. The lowest BCUT2D eigenvalue weighted by Crippen LogP contribution is -2.29. The number of amides is 1. The van der Waals surface area contributed by atoms with Crippen molar-refractivity contribution >= 4 is 17.7 Å². The Kier molecular flexibility index (Phi) is 7.52. The van der Waals surface area contributed by atoms with Gasteiger partial charge in [0.2, 0.25) is 0 Å². The van der Waals surface area contributed by atoms with Crippen molar-refractivity contribution in [3.05, 3.63) is 65.0 Å². The van der Waals surface area contributed by atoms with Crippen molar-refractivity contribution in [1.29, 1.82) is 0 Å². The highest BCUT2D eigenvalue weighted by molar-refractivity contribution is 5.84. The van der Waals surface area contributed by atoms with Crippen molar-refractivity contribution in [2.45, 2.75) is 46.0 Å². The molecule has 0 fully saturated rings. The molecule has 0 bridgehead atoms. The van der Waals surface area contributed by atoms with Gasteiger partial charge in [0.15, 0.2) is 6.10 Å². The van der Waals surface area contributed by atoms with E-state index in [1.807, 2.05) is 31.2 Å². The van der Waals surface area contributed by atoms with Gasteiger partial charge < -0.3 is 14.6 Å². The molecule has 7 heteroatoms. The Bertz CT molecular complexity index is 820. The molecule has 0 spiro atoms. The maximum Gasteiger partial charge on any atom is 0.411 e. The monoisotopic (exact) mass is 389 g/mol. The number of carbonyl (C=O) groups is 2. The molecule has 6 nitrogen and oxygen atoms in total. The number of halogens is 1. The van der Waals surface area contributed by atoms with Crippen LogP contribution in [0.15, 0.2) is 42.5 Å². The predicted octanol–water partition coefficient (Wildman–Crippen LogP) is 4.30. The topological polar surface area (TPSA) is 84.9 Å². The second-order valence-electron chi connectivity index (χ2n) is 6.71. The van der Waals surface area contributed by atoms with E-state index in [-0.39, 0.29) is 24.7 Å². The number of carbonyl (C=O) groups excluding carboxylic acids is 1. The van der Waals surface area contributed by atoms with Crippen LogP contribution in [0.5, 0.6) is 0 Å².